The normalized spacial score (nSPS) is 9.82. The van der Waals surface area contributed by atoms with Gasteiger partial charge in [0.15, 0.2) is 11.6 Å². The Morgan fingerprint density at radius 2 is 1.76 bits per heavy atom. The molecule has 1 aromatic carbocycles. The summed E-state index contributed by atoms with van der Waals surface area (Å²) in [6.07, 6.45) is 0. The molecule has 0 fully saturated rings. The molecule has 0 radical (unpaired) electrons. The van der Waals surface area contributed by atoms with Gasteiger partial charge in [-0.05, 0) is 33.3 Å². The maximum atomic E-state index is 12.6. The third-order valence-corrected chi connectivity index (χ3v) is 1.42. The van der Waals surface area contributed by atoms with Gasteiger partial charge in [0.25, 0.3) is 0 Å². The highest BCUT2D eigenvalue weighted by molar-refractivity contribution is 5.42. The lowest BCUT2D eigenvalue weighted by Gasteiger charge is -2.06. The van der Waals surface area contributed by atoms with Crippen molar-refractivity contribution in [3.05, 3.63) is 29.8 Å². The zero-order valence-electron chi connectivity index (χ0n) is 10.4. The van der Waals surface area contributed by atoms with Gasteiger partial charge in [0.1, 0.15) is 0 Å². The Balaban J connectivity index is 0.000000557. The van der Waals surface area contributed by atoms with E-state index in [9.17, 15) is 8.78 Å². The first-order valence-corrected chi connectivity index (χ1v) is 5.22. The average molecular weight is 246 g/mol. The Morgan fingerprint density at radius 1 is 1.18 bits per heavy atom. The van der Waals surface area contributed by atoms with E-state index in [-0.39, 0.29) is 0 Å². The molecular formula is C11H20F2N4. The summed E-state index contributed by atoms with van der Waals surface area (Å²) < 4.78 is 25.1. The van der Waals surface area contributed by atoms with Gasteiger partial charge in [-0.3, -0.25) is 0 Å². The second kappa shape index (κ2) is 8.86. The minimum atomic E-state index is -0.875. The molecule has 0 bridgehead atoms. The van der Waals surface area contributed by atoms with E-state index < -0.39 is 11.6 Å². The summed E-state index contributed by atoms with van der Waals surface area (Å²) >= 11 is 0. The second-order valence-corrected chi connectivity index (χ2v) is 3.81. The predicted molar refractivity (Wildman–Crippen MR) is 66.6 cm³/mol. The monoisotopic (exact) mass is 246 g/mol. The number of benzene rings is 1. The van der Waals surface area contributed by atoms with Gasteiger partial charge in [-0.15, -0.1) is 0 Å². The van der Waals surface area contributed by atoms with Crippen molar-refractivity contribution in [3.8, 4) is 0 Å². The molecule has 0 amide bonds. The summed E-state index contributed by atoms with van der Waals surface area (Å²) in [7, 11) is 6.00. The van der Waals surface area contributed by atoms with Crippen molar-refractivity contribution in [2.24, 2.45) is 5.73 Å². The van der Waals surface area contributed by atoms with Crippen LogP contribution in [-0.4, -0.2) is 39.1 Å². The van der Waals surface area contributed by atoms with E-state index in [1.54, 1.807) is 0 Å². The Labute approximate surface area is 101 Å². The van der Waals surface area contributed by atoms with E-state index in [1.807, 2.05) is 26.0 Å². The van der Waals surface area contributed by atoms with E-state index in [1.165, 1.54) is 6.07 Å². The molecule has 0 aromatic heterocycles. The number of nitrogens with one attached hydrogen (secondary N) is 2. The lowest BCUT2D eigenvalue weighted by Crippen LogP contribution is -2.27. The molecule has 1 rings (SSSR count). The number of hydrazine groups is 1. The van der Waals surface area contributed by atoms with Crippen molar-refractivity contribution in [2.45, 2.75) is 0 Å². The van der Waals surface area contributed by atoms with Crippen LogP contribution in [0.2, 0.25) is 0 Å². The van der Waals surface area contributed by atoms with Gasteiger partial charge in [0, 0.05) is 19.2 Å². The van der Waals surface area contributed by atoms with Gasteiger partial charge in [0.05, 0.1) is 5.69 Å². The van der Waals surface area contributed by atoms with E-state index in [2.05, 4.69) is 10.9 Å². The molecule has 0 saturated heterocycles. The third kappa shape index (κ3) is 8.56. The third-order valence-electron chi connectivity index (χ3n) is 1.42. The molecule has 4 nitrogen and oxygen atoms in total. The maximum Gasteiger partial charge on any atom is 0.160 e. The quantitative estimate of drug-likeness (QED) is 0.548. The molecule has 6 heteroatoms. The highest BCUT2D eigenvalue weighted by Gasteiger charge is 2.00. The van der Waals surface area contributed by atoms with Crippen LogP contribution in [0.25, 0.3) is 0 Å². The standard InChI is InChI=1S/C8H11F2N3.C3H9N/c9-7-2-1-6(5-8(7)10)13-12-4-3-11;1-4(2)3/h1-2,5,12-13H,3-4,11H2;1-3H3. The Hall–Kier alpha value is -1.24. The molecule has 0 aliphatic heterocycles. The SMILES string of the molecule is CN(C)C.NCCNNc1ccc(F)c(F)c1. The number of anilines is 1. The predicted octanol–water partition coefficient (Wildman–Crippen LogP) is 1.02. The molecule has 0 aliphatic carbocycles. The fourth-order valence-corrected chi connectivity index (χ4v) is 0.811. The van der Waals surface area contributed by atoms with Crippen LogP contribution < -0.4 is 16.6 Å². The van der Waals surface area contributed by atoms with Gasteiger partial charge in [-0.2, -0.15) is 0 Å². The topological polar surface area (TPSA) is 53.3 Å². The van der Waals surface area contributed by atoms with Crippen molar-refractivity contribution in [2.75, 3.05) is 39.7 Å². The lowest BCUT2D eigenvalue weighted by atomic mass is 10.3. The van der Waals surface area contributed by atoms with Gasteiger partial charge < -0.3 is 16.1 Å². The molecule has 0 atom stereocenters. The molecule has 0 unspecified atom stereocenters. The molecule has 0 spiro atoms. The smallest absolute Gasteiger partial charge is 0.160 e. The molecule has 0 saturated carbocycles. The maximum absolute atomic E-state index is 12.6. The van der Waals surface area contributed by atoms with Crippen molar-refractivity contribution in [1.29, 1.82) is 0 Å². The van der Waals surface area contributed by atoms with Crippen LogP contribution in [0.4, 0.5) is 14.5 Å². The van der Waals surface area contributed by atoms with Crippen LogP contribution in [0.3, 0.4) is 0 Å². The van der Waals surface area contributed by atoms with Crippen LogP contribution in [0.15, 0.2) is 18.2 Å². The average Bonchev–Trinajstić information content (AvgIpc) is 2.23. The fraction of sp³-hybridized carbons (Fsp3) is 0.455. The van der Waals surface area contributed by atoms with Gasteiger partial charge in [0.2, 0.25) is 0 Å². The molecule has 17 heavy (non-hydrogen) atoms. The molecule has 1 aromatic rings. The van der Waals surface area contributed by atoms with E-state index >= 15 is 0 Å². The summed E-state index contributed by atoms with van der Waals surface area (Å²) in [5.74, 6) is -1.73. The summed E-state index contributed by atoms with van der Waals surface area (Å²) in [6, 6.07) is 3.56. The van der Waals surface area contributed by atoms with Crippen molar-refractivity contribution >= 4 is 5.69 Å². The zero-order valence-corrected chi connectivity index (χ0v) is 10.4. The van der Waals surface area contributed by atoms with Crippen molar-refractivity contribution < 1.29 is 8.78 Å². The largest absolute Gasteiger partial charge is 0.329 e. The first-order chi connectivity index (χ1) is 7.97. The number of hydrogen-bond acceptors (Lipinski definition) is 4. The number of halogens is 2. The van der Waals surface area contributed by atoms with Crippen LogP contribution in [-0.2, 0) is 0 Å². The Morgan fingerprint density at radius 3 is 2.24 bits per heavy atom. The number of hydrogen-bond donors (Lipinski definition) is 3. The number of nitrogens with zero attached hydrogens (tertiary/aromatic N) is 1. The van der Waals surface area contributed by atoms with Crippen LogP contribution in [0, 0.1) is 11.6 Å². The van der Waals surface area contributed by atoms with Gasteiger partial charge >= 0.3 is 0 Å². The van der Waals surface area contributed by atoms with Crippen molar-refractivity contribution in [1.82, 2.24) is 10.3 Å². The van der Waals surface area contributed by atoms with E-state index in [0.717, 1.165) is 12.1 Å². The fourth-order valence-electron chi connectivity index (χ4n) is 0.811. The van der Waals surface area contributed by atoms with Crippen molar-refractivity contribution in [3.63, 3.8) is 0 Å². The van der Waals surface area contributed by atoms with Crippen LogP contribution in [0.1, 0.15) is 0 Å². The summed E-state index contributed by atoms with van der Waals surface area (Å²) in [4.78, 5) is 2.00. The number of rotatable bonds is 4. The number of nitrogens with two attached hydrogens (primary N) is 1. The summed E-state index contributed by atoms with van der Waals surface area (Å²) in [5, 5.41) is 0. The lowest BCUT2D eigenvalue weighted by molar-refractivity contribution is 0.505. The molecule has 98 valence electrons. The molecule has 0 aliphatic rings. The Kier molecular flexibility index (Phi) is 8.21. The highest BCUT2D eigenvalue weighted by Crippen LogP contribution is 2.11. The minimum absolute atomic E-state index is 0.465. The first-order valence-electron chi connectivity index (χ1n) is 5.22. The van der Waals surface area contributed by atoms with Crippen LogP contribution in [0.5, 0.6) is 0 Å². The van der Waals surface area contributed by atoms with E-state index in [4.69, 9.17) is 5.73 Å². The van der Waals surface area contributed by atoms with Gasteiger partial charge in [-0.1, -0.05) is 0 Å². The highest BCUT2D eigenvalue weighted by atomic mass is 19.2. The molecule has 0 heterocycles. The summed E-state index contributed by atoms with van der Waals surface area (Å²) in [5.41, 5.74) is 11.1. The van der Waals surface area contributed by atoms with Gasteiger partial charge in [-0.25, -0.2) is 14.2 Å². The Bertz CT molecular complexity index is 316. The molecular weight excluding hydrogens is 226 g/mol. The molecule has 4 N–H and O–H groups in total. The minimum Gasteiger partial charge on any atom is -0.329 e. The first kappa shape index (κ1) is 15.8. The second-order valence-electron chi connectivity index (χ2n) is 3.81. The van der Waals surface area contributed by atoms with E-state index in [0.29, 0.717) is 18.8 Å². The van der Waals surface area contributed by atoms with Crippen LogP contribution >= 0.6 is 0 Å². The zero-order chi connectivity index (χ0) is 13.3. The summed E-state index contributed by atoms with van der Waals surface area (Å²) in [6.45, 7) is 1.02.